The summed E-state index contributed by atoms with van der Waals surface area (Å²) in [5, 5.41) is 131. The van der Waals surface area contributed by atoms with E-state index >= 15 is 14.4 Å². The summed E-state index contributed by atoms with van der Waals surface area (Å²) in [6.07, 6.45) is -18.6. The molecule has 101 heavy (non-hydrogen) atoms. The molecule has 35 heteroatoms. The lowest BCUT2D eigenvalue weighted by Crippen LogP contribution is -2.64. The van der Waals surface area contributed by atoms with Crippen LogP contribution in [0.2, 0.25) is 10.0 Å². The van der Waals surface area contributed by atoms with Gasteiger partial charge in [-0.15, -0.1) is 0 Å². The van der Waals surface area contributed by atoms with Crippen LogP contribution in [0.5, 0.6) is 46.0 Å². The first-order valence-corrected chi connectivity index (χ1v) is 32.4. The maximum Gasteiger partial charge on any atom is 0.330 e. The fraction of sp³-hybridized carbons (Fsp3) is 0.424. The summed E-state index contributed by atoms with van der Waals surface area (Å²) >= 11 is 14.1. The molecule has 0 radical (unpaired) electrons. The third kappa shape index (κ3) is 15.8. The van der Waals surface area contributed by atoms with Crippen LogP contribution >= 0.6 is 23.2 Å². The van der Waals surface area contributed by atoms with E-state index in [4.69, 9.17) is 63.1 Å². The topological polar surface area (TPSA) is 530 Å². The van der Waals surface area contributed by atoms with Crippen LogP contribution < -0.4 is 62.9 Å². The van der Waals surface area contributed by atoms with Crippen LogP contribution in [0.4, 0.5) is 0 Å². The van der Waals surface area contributed by atoms with Gasteiger partial charge >= 0.3 is 5.97 Å². The molecule has 0 aliphatic carbocycles. The lowest BCUT2D eigenvalue weighted by Gasteiger charge is -2.47. The Morgan fingerprint density at radius 1 is 0.713 bits per heavy atom. The van der Waals surface area contributed by atoms with Gasteiger partial charge in [0.05, 0.1) is 41.3 Å². The van der Waals surface area contributed by atoms with E-state index in [-0.39, 0.29) is 46.2 Å². The molecule has 0 saturated carbocycles. The van der Waals surface area contributed by atoms with Crippen LogP contribution in [0.25, 0.3) is 11.1 Å². The van der Waals surface area contributed by atoms with Crippen molar-refractivity contribution in [1.82, 2.24) is 37.2 Å². The highest BCUT2D eigenvalue weighted by Crippen LogP contribution is 2.50. The summed E-state index contributed by atoms with van der Waals surface area (Å²) in [7, 11) is 1.47. The number of amides is 7. The van der Waals surface area contributed by atoms with Crippen molar-refractivity contribution in [2.24, 2.45) is 17.4 Å². The minimum Gasteiger partial charge on any atom is -0.508 e. The van der Waals surface area contributed by atoms with Crippen molar-refractivity contribution in [2.45, 2.75) is 156 Å². The summed E-state index contributed by atoms with van der Waals surface area (Å²) in [5.41, 5.74) is 8.00. The number of benzene rings is 5. The molecule has 0 aromatic heterocycles. The van der Waals surface area contributed by atoms with Crippen molar-refractivity contribution < 1.29 is 118 Å². The van der Waals surface area contributed by atoms with E-state index in [0.29, 0.717) is 0 Å². The standard InChI is InChI=1S/C66H75Cl2N9O24/c1-23(2)12-34(71-5)58(88)76-49-51(83)26-7-10-38(32(67)14-26)97-40-16-28-17-41(55(40)101-65-56(54(86)53(85)42(22-78)99-65)100-44-21-66(4,70)57(87)24(3)96-44)98-39-11-8-27(15-33(39)68)52(84)50-63(93)75-48(64(94)95)31-18-29(79)19-37(81)45(31)30-13-25(6-9-36(30)80)46(60(90)77-50)74-61(91)47(28)73-59(89)35(20-43(69)82)72-62(49)92/h6-11,13-19,23-24,34-35,42,44,46-54,56-57,65,71,78-81,83-87H,12,20-22,70H2,1-5H3,(H2,69,82)(H,72,92)(H,73,89)(H,74,91)(H,75,93)(H,76,88)(H,77,90)(H,94,95)/t24?,34?,35-,42?,44?,46?,47+,48-,49+,50?,51+,52?,53?,54?,56?,57?,65?,66?/m0/s1. The predicted molar refractivity (Wildman–Crippen MR) is 349 cm³/mol. The van der Waals surface area contributed by atoms with Gasteiger partial charge in [0, 0.05) is 34.7 Å². The summed E-state index contributed by atoms with van der Waals surface area (Å²) in [6, 6.07) is -0.679. The smallest absolute Gasteiger partial charge is 0.330 e. The molecule has 18 atom stereocenters. The first-order valence-electron chi connectivity index (χ1n) is 31.6. The van der Waals surface area contributed by atoms with Gasteiger partial charge in [0.1, 0.15) is 89.5 Å². The number of hydrogen-bond acceptors (Lipinski definition) is 25. The summed E-state index contributed by atoms with van der Waals surface area (Å²) in [5.74, 6) is -16.0. The predicted octanol–water partition coefficient (Wildman–Crippen LogP) is 0.106. The van der Waals surface area contributed by atoms with E-state index in [1.165, 1.54) is 33.0 Å². The van der Waals surface area contributed by atoms with Gasteiger partial charge in [-0.2, -0.15) is 0 Å². The Bertz CT molecular complexity index is 4070. The Labute approximate surface area is 584 Å². The fourth-order valence-electron chi connectivity index (χ4n) is 12.5. The molecule has 7 amide bonds. The van der Waals surface area contributed by atoms with E-state index < -0.39 is 237 Å². The highest BCUT2D eigenvalue weighted by molar-refractivity contribution is 6.32. The van der Waals surface area contributed by atoms with Crippen LogP contribution in [-0.2, 0) is 52.6 Å². The number of halogens is 2. The molecule has 21 N–H and O–H groups in total. The normalized spacial score (nSPS) is 29.4. The van der Waals surface area contributed by atoms with Crippen LogP contribution in [-0.4, -0.2) is 191 Å². The van der Waals surface area contributed by atoms with E-state index in [1.54, 1.807) is 0 Å². The number of phenols is 3. The number of carboxylic acid groups (broad SMARTS) is 1. The number of aromatic hydroxyl groups is 3. The molecule has 542 valence electrons. The second-order valence-corrected chi connectivity index (χ2v) is 26.5. The Kier molecular flexibility index (Phi) is 22.2. The number of carbonyl (C=O) groups excluding carboxylic acids is 7. The number of nitrogens with two attached hydrogens (primary N) is 2. The van der Waals surface area contributed by atoms with Crippen molar-refractivity contribution in [2.75, 3.05) is 13.7 Å². The van der Waals surface area contributed by atoms with E-state index in [1.807, 2.05) is 13.8 Å². The van der Waals surface area contributed by atoms with Gasteiger partial charge in [-0.1, -0.05) is 55.2 Å². The number of fused-ring (bicyclic) bond motifs is 15. The number of primary amides is 1. The molecule has 7 heterocycles. The molecule has 7 aliphatic rings. The highest BCUT2D eigenvalue weighted by Gasteiger charge is 2.51. The molecular weight excluding hydrogens is 1370 g/mol. The molecule has 12 rings (SSSR count). The molecule has 2 saturated heterocycles. The van der Waals surface area contributed by atoms with Crippen molar-refractivity contribution in [3.8, 4) is 57.1 Å². The number of carboxylic acids is 1. The zero-order valence-electron chi connectivity index (χ0n) is 54.3. The van der Waals surface area contributed by atoms with Crippen LogP contribution in [0.1, 0.15) is 105 Å². The molecule has 5 aromatic rings. The molecular formula is C66H75Cl2N9O24. The fourth-order valence-corrected chi connectivity index (χ4v) is 12.9. The Hall–Kier alpha value is -9.20. The SMILES string of the molecule is CNC(CC(C)C)C(=O)N[C@H]1C(=O)N[C@@H](CC(N)=O)C(=O)N[C@H]2C(=O)NC3C(=O)NC(C(=O)N[C@H](C(=O)O)c4cc(O)cc(O)c4-c4cc3ccc4O)C(O)c3ccc(c(Cl)c3)Oc3cc2cc(c3OC2OC(CO)C(O)C(O)C2OC2CC(C)(N)C(O)C(C)O2)Oc2ccc(cc2Cl)[C@H]1O. The molecule has 33 nitrogen and oxygen atoms in total. The first kappa shape index (κ1) is 74.5. The van der Waals surface area contributed by atoms with E-state index in [9.17, 15) is 75.0 Å². The van der Waals surface area contributed by atoms with E-state index in [2.05, 4.69) is 37.2 Å². The number of likely N-dealkylation sites (N-methyl/N-ethyl adjacent to an activating group) is 1. The Balaban J connectivity index is 1.24. The van der Waals surface area contributed by atoms with Crippen molar-refractivity contribution in [1.29, 1.82) is 0 Å². The van der Waals surface area contributed by atoms with Crippen molar-refractivity contribution in [3.63, 3.8) is 0 Å². The second kappa shape index (κ2) is 30.2. The molecule has 13 unspecified atom stereocenters. The third-order valence-corrected chi connectivity index (χ3v) is 18.4. The molecule has 2 fully saturated rings. The molecule has 7 aliphatic heterocycles. The number of ether oxygens (including phenoxy) is 6. The van der Waals surface area contributed by atoms with E-state index in [0.717, 1.165) is 66.7 Å². The number of aliphatic carboxylic acids is 1. The lowest BCUT2D eigenvalue weighted by molar-refractivity contribution is -0.333. The quantitative estimate of drug-likeness (QED) is 0.0743. The number of carbonyl (C=O) groups is 8. The lowest BCUT2D eigenvalue weighted by atomic mass is 9.86. The number of aliphatic hydroxyl groups excluding tert-OH is 6. The van der Waals surface area contributed by atoms with Gasteiger partial charge in [0.25, 0.3) is 0 Å². The number of hydrogen-bond donors (Lipinski definition) is 19. The Morgan fingerprint density at radius 3 is 1.90 bits per heavy atom. The number of phenolic OH excluding ortho intramolecular Hbond substituents is 3. The van der Waals surface area contributed by atoms with Gasteiger partial charge in [-0.25, -0.2) is 4.79 Å². The monoisotopic (exact) mass is 1450 g/mol. The molecule has 11 bridgehead atoms. The van der Waals surface area contributed by atoms with Crippen LogP contribution in [0.15, 0.2) is 78.9 Å². The van der Waals surface area contributed by atoms with Gasteiger partial charge < -0.3 is 128 Å². The number of nitrogens with one attached hydrogen (secondary N) is 7. The average Bonchev–Trinajstić information content (AvgIpc) is 0.775. The zero-order valence-corrected chi connectivity index (χ0v) is 55.8. The zero-order chi connectivity index (χ0) is 73.5. The maximum atomic E-state index is 16.0. The average molecular weight is 1450 g/mol. The number of rotatable bonds is 13. The third-order valence-electron chi connectivity index (χ3n) is 17.8. The number of aliphatic hydroxyl groups is 6. The van der Waals surface area contributed by atoms with Gasteiger partial charge in [-0.05, 0) is 110 Å². The maximum absolute atomic E-state index is 16.0. The van der Waals surface area contributed by atoms with Gasteiger partial charge in [0.2, 0.25) is 53.4 Å². The first-order chi connectivity index (χ1) is 47.7. The molecule has 5 aromatic carbocycles. The van der Waals surface area contributed by atoms with Gasteiger partial charge in [-0.3, -0.25) is 33.6 Å². The second-order valence-electron chi connectivity index (χ2n) is 25.7. The molecule has 0 spiro atoms. The van der Waals surface area contributed by atoms with Gasteiger partial charge in [0.15, 0.2) is 29.9 Å². The summed E-state index contributed by atoms with van der Waals surface area (Å²) in [4.78, 5) is 117. The highest BCUT2D eigenvalue weighted by atomic mass is 35.5. The largest absolute Gasteiger partial charge is 0.508 e. The minimum absolute atomic E-state index is 0.0975. The summed E-state index contributed by atoms with van der Waals surface area (Å²) in [6.45, 7) is 5.66. The summed E-state index contributed by atoms with van der Waals surface area (Å²) < 4.78 is 38.3. The van der Waals surface area contributed by atoms with Crippen molar-refractivity contribution in [3.05, 3.63) is 117 Å². The minimum atomic E-state index is -2.35. The van der Waals surface area contributed by atoms with Crippen molar-refractivity contribution >= 4 is 70.5 Å². The Morgan fingerprint density at radius 2 is 1.32 bits per heavy atom. The van der Waals surface area contributed by atoms with Crippen LogP contribution in [0.3, 0.4) is 0 Å². The van der Waals surface area contributed by atoms with Crippen LogP contribution in [0, 0.1) is 5.92 Å².